The summed E-state index contributed by atoms with van der Waals surface area (Å²) in [6.07, 6.45) is 0.949. The Bertz CT molecular complexity index is 433. The number of nitrogens with one attached hydrogen (secondary N) is 1. The molecule has 0 aliphatic heterocycles. The molecule has 0 aliphatic rings. The van der Waals surface area contributed by atoms with E-state index in [1.165, 1.54) is 0 Å². The topological polar surface area (TPSA) is 47.0 Å². The molecule has 0 unspecified atom stereocenters. The lowest BCUT2D eigenvalue weighted by Gasteiger charge is -2.24. The van der Waals surface area contributed by atoms with E-state index in [9.17, 15) is 0 Å². The van der Waals surface area contributed by atoms with Gasteiger partial charge in [-0.2, -0.15) is 0 Å². The van der Waals surface area contributed by atoms with E-state index in [1.807, 2.05) is 27.8 Å². The lowest BCUT2D eigenvalue weighted by Crippen LogP contribution is -2.26. The van der Waals surface area contributed by atoms with Crippen molar-refractivity contribution in [3.63, 3.8) is 0 Å². The molecule has 19 heavy (non-hydrogen) atoms. The molecule has 0 saturated heterocycles. The van der Waals surface area contributed by atoms with Gasteiger partial charge >= 0.3 is 0 Å². The van der Waals surface area contributed by atoms with Gasteiger partial charge in [0.25, 0.3) is 0 Å². The third kappa shape index (κ3) is 4.27. The fourth-order valence-electron chi connectivity index (χ4n) is 1.88. The van der Waals surface area contributed by atoms with Crippen LogP contribution in [0, 0.1) is 9.49 Å². The van der Waals surface area contributed by atoms with Crippen LogP contribution in [0.15, 0.2) is 0 Å². The molecule has 0 aliphatic carbocycles. The maximum absolute atomic E-state index is 5.76. The largest absolute Gasteiger partial charge is 0.372 e. The van der Waals surface area contributed by atoms with Crippen LogP contribution in [0.2, 0.25) is 0 Å². The van der Waals surface area contributed by atoms with Crippen LogP contribution in [0.5, 0.6) is 0 Å². The van der Waals surface area contributed by atoms with Crippen LogP contribution >= 0.6 is 22.6 Å². The second kappa shape index (κ2) is 6.83. The number of hydrogen-bond donors (Lipinski definition) is 1. The highest BCUT2D eigenvalue weighted by Crippen LogP contribution is 2.27. The van der Waals surface area contributed by atoms with E-state index in [4.69, 9.17) is 9.72 Å². The SMILES string of the molecule is CCOC(C)(C)c1nc(CC(C)C)c(I)c(NC)n1. The predicted molar refractivity (Wildman–Crippen MR) is 87.5 cm³/mol. The summed E-state index contributed by atoms with van der Waals surface area (Å²) in [5.41, 5.74) is 0.633. The van der Waals surface area contributed by atoms with E-state index in [-0.39, 0.29) is 0 Å². The molecule has 0 aromatic carbocycles. The van der Waals surface area contributed by atoms with E-state index in [0.29, 0.717) is 12.5 Å². The van der Waals surface area contributed by atoms with Crippen molar-refractivity contribution in [3.05, 3.63) is 15.1 Å². The van der Waals surface area contributed by atoms with Crippen molar-refractivity contribution in [3.8, 4) is 0 Å². The molecule has 108 valence electrons. The van der Waals surface area contributed by atoms with Crippen LogP contribution in [0.3, 0.4) is 0 Å². The van der Waals surface area contributed by atoms with Crippen molar-refractivity contribution < 1.29 is 4.74 Å². The maximum Gasteiger partial charge on any atom is 0.162 e. The predicted octanol–water partition coefficient (Wildman–Crippen LogP) is 3.59. The molecule has 1 aromatic rings. The molecule has 0 amide bonds. The number of rotatable bonds is 6. The molecule has 0 fully saturated rings. The van der Waals surface area contributed by atoms with Gasteiger partial charge in [-0.25, -0.2) is 9.97 Å². The van der Waals surface area contributed by atoms with E-state index >= 15 is 0 Å². The fourth-order valence-corrected chi connectivity index (χ4v) is 2.61. The van der Waals surface area contributed by atoms with Crippen molar-refractivity contribution in [2.75, 3.05) is 19.0 Å². The van der Waals surface area contributed by atoms with Gasteiger partial charge in [0.05, 0.1) is 9.26 Å². The smallest absolute Gasteiger partial charge is 0.162 e. The van der Waals surface area contributed by atoms with Crippen LogP contribution in [-0.4, -0.2) is 23.6 Å². The van der Waals surface area contributed by atoms with Crippen molar-refractivity contribution in [1.29, 1.82) is 0 Å². The Kier molecular flexibility index (Phi) is 5.98. The van der Waals surface area contributed by atoms with Gasteiger partial charge in [0.15, 0.2) is 5.82 Å². The minimum atomic E-state index is -0.462. The van der Waals surface area contributed by atoms with Crippen LogP contribution in [0.1, 0.15) is 46.1 Å². The normalized spacial score (nSPS) is 12.0. The molecule has 1 heterocycles. The molecule has 1 rings (SSSR count). The Morgan fingerprint density at radius 3 is 2.42 bits per heavy atom. The zero-order valence-corrected chi connectivity index (χ0v) is 14.8. The highest BCUT2D eigenvalue weighted by atomic mass is 127. The summed E-state index contributed by atoms with van der Waals surface area (Å²) in [5.74, 6) is 2.19. The van der Waals surface area contributed by atoms with Crippen LogP contribution < -0.4 is 5.32 Å². The van der Waals surface area contributed by atoms with E-state index in [1.54, 1.807) is 0 Å². The van der Waals surface area contributed by atoms with Gasteiger partial charge < -0.3 is 10.1 Å². The minimum Gasteiger partial charge on any atom is -0.372 e. The van der Waals surface area contributed by atoms with Crippen LogP contribution in [-0.2, 0) is 16.8 Å². The molecule has 0 bridgehead atoms. The van der Waals surface area contributed by atoms with E-state index in [2.05, 4.69) is 46.7 Å². The second-order valence-electron chi connectivity index (χ2n) is 5.45. The highest BCUT2D eigenvalue weighted by Gasteiger charge is 2.26. The number of hydrogen-bond acceptors (Lipinski definition) is 4. The molecule has 1 N–H and O–H groups in total. The lowest BCUT2D eigenvalue weighted by molar-refractivity contribution is -0.0209. The molecular weight excluding hydrogens is 353 g/mol. The fraction of sp³-hybridized carbons (Fsp3) is 0.714. The first-order valence-corrected chi connectivity index (χ1v) is 7.78. The summed E-state index contributed by atoms with van der Waals surface area (Å²) in [7, 11) is 1.89. The Hall–Kier alpha value is -0.430. The van der Waals surface area contributed by atoms with Crippen LogP contribution in [0.4, 0.5) is 5.82 Å². The molecule has 1 aromatic heterocycles. The summed E-state index contributed by atoms with van der Waals surface area (Å²) in [4.78, 5) is 9.32. The first kappa shape index (κ1) is 16.6. The third-order valence-electron chi connectivity index (χ3n) is 2.80. The standard InChI is InChI=1S/C14H24IN3O/c1-7-19-14(4,5)13-17-10(8-9(2)3)11(15)12(16-6)18-13/h9H,7-8H2,1-6H3,(H,16,17,18). The maximum atomic E-state index is 5.76. The molecule has 4 nitrogen and oxygen atoms in total. The first-order chi connectivity index (χ1) is 8.81. The monoisotopic (exact) mass is 377 g/mol. The number of nitrogens with zero attached hydrogens (tertiary/aromatic N) is 2. The Labute approximate surface area is 129 Å². The Morgan fingerprint density at radius 2 is 1.95 bits per heavy atom. The number of halogens is 1. The molecule has 5 heteroatoms. The number of ether oxygens (including phenoxy) is 1. The van der Waals surface area contributed by atoms with Crippen molar-refractivity contribution in [2.24, 2.45) is 5.92 Å². The second-order valence-corrected chi connectivity index (χ2v) is 6.53. The van der Waals surface area contributed by atoms with Crippen molar-refractivity contribution in [1.82, 2.24) is 9.97 Å². The molecule has 0 spiro atoms. The van der Waals surface area contributed by atoms with Gasteiger partial charge in [-0.05, 0) is 55.7 Å². The minimum absolute atomic E-state index is 0.462. The molecular formula is C14H24IN3O. The van der Waals surface area contributed by atoms with Crippen molar-refractivity contribution >= 4 is 28.4 Å². The number of aromatic nitrogens is 2. The Balaban J connectivity index is 3.26. The zero-order valence-electron chi connectivity index (χ0n) is 12.7. The third-order valence-corrected chi connectivity index (χ3v) is 3.94. The first-order valence-electron chi connectivity index (χ1n) is 6.70. The van der Waals surface area contributed by atoms with Gasteiger partial charge in [-0.3, -0.25) is 0 Å². The van der Waals surface area contributed by atoms with Crippen LogP contribution in [0.25, 0.3) is 0 Å². The summed E-state index contributed by atoms with van der Waals surface area (Å²) in [6, 6.07) is 0. The highest BCUT2D eigenvalue weighted by molar-refractivity contribution is 14.1. The van der Waals surface area contributed by atoms with Gasteiger partial charge in [0, 0.05) is 13.7 Å². The lowest BCUT2D eigenvalue weighted by atomic mass is 10.1. The van der Waals surface area contributed by atoms with Gasteiger partial charge in [0.2, 0.25) is 0 Å². The van der Waals surface area contributed by atoms with Gasteiger partial charge in [-0.1, -0.05) is 13.8 Å². The number of anilines is 1. The summed E-state index contributed by atoms with van der Waals surface area (Å²) >= 11 is 2.31. The summed E-state index contributed by atoms with van der Waals surface area (Å²) < 4.78 is 6.86. The quantitative estimate of drug-likeness (QED) is 0.770. The van der Waals surface area contributed by atoms with E-state index in [0.717, 1.165) is 27.3 Å². The molecule has 0 atom stereocenters. The van der Waals surface area contributed by atoms with Crippen molar-refractivity contribution in [2.45, 2.75) is 46.6 Å². The van der Waals surface area contributed by atoms with Gasteiger partial charge in [-0.15, -0.1) is 0 Å². The Morgan fingerprint density at radius 1 is 1.32 bits per heavy atom. The van der Waals surface area contributed by atoms with E-state index < -0.39 is 5.60 Å². The average Bonchev–Trinajstić information content (AvgIpc) is 2.30. The average molecular weight is 377 g/mol. The zero-order chi connectivity index (χ0) is 14.6. The summed E-state index contributed by atoms with van der Waals surface area (Å²) in [5, 5.41) is 3.15. The molecule has 0 radical (unpaired) electrons. The van der Waals surface area contributed by atoms with Gasteiger partial charge in [0.1, 0.15) is 11.4 Å². The molecule has 0 saturated carbocycles. The summed E-state index contributed by atoms with van der Waals surface area (Å²) in [6.45, 7) is 11.1.